The maximum absolute atomic E-state index is 13.1. The highest BCUT2D eigenvalue weighted by atomic mass is 35.5. The molecule has 2 aromatic rings. The number of benzene rings is 2. The Kier molecular flexibility index (Phi) is 6.34. The molecule has 2 heterocycles. The molecule has 0 aromatic heterocycles. The molecule has 2 aliphatic rings. The monoisotopic (exact) mass is 465 g/mol. The van der Waals surface area contributed by atoms with E-state index < -0.39 is 0 Å². The van der Waals surface area contributed by atoms with Crippen molar-refractivity contribution in [2.75, 3.05) is 37.7 Å². The molecule has 2 aromatic carbocycles. The Bertz CT molecular complexity index is 1010. The van der Waals surface area contributed by atoms with E-state index in [4.69, 9.17) is 23.2 Å². The maximum atomic E-state index is 13.1. The van der Waals surface area contributed by atoms with Crippen molar-refractivity contribution in [1.29, 1.82) is 0 Å². The van der Waals surface area contributed by atoms with Gasteiger partial charge in [0, 0.05) is 41.9 Å². The molecule has 2 aliphatic heterocycles. The van der Waals surface area contributed by atoms with E-state index in [0.29, 0.717) is 33.6 Å². The van der Waals surface area contributed by atoms with Crippen molar-refractivity contribution in [2.24, 2.45) is 0 Å². The zero-order valence-electron chi connectivity index (χ0n) is 15.9. The fourth-order valence-corrected chi connectivity index (χ4v) is 4.67. The summed E-state index contributed by atoms with van der Waals surface area (Å²) in [5.74, 6) is -0.582. The summed E-state index contributed by atoms with van der Waals surface area (Å²) in [5, 5.41) is 0.633. The number of piperazine rings is 1. The van der Waals surface area contributed by atoms with Crippen LogP contribution in [0.15, 0.2) is 47.4 Å². The minimum Gasteiger partial charge on any atom is -0.369 e. The highest BCUT2D eigenvalue weighted by molar-refractivity contribution is 8.18. The molecule has 4 rings (SSSR count). The molecule has 0 spiro atoms. The van der Waals surface area contributed by atoms with Gasteiger partial charge < -0.3 is 4.90 Å². The number of hydrogen-bond donors (Lipinski definition) is 0. The van der Waals surface area contributed by atoms with Gasteiger partial charge in [0.15, 0.2) is 0 Å². The first kappa shape index (κ1) is 21.2. The van der Waals surface area contributed by atoms with Gasteiger partial charge in [-0.15, -0.1) is 0 Å². The van der Waals surface area contributed by atoms with E-state index >= 15 is 0 Å². The topological polar surface area (TPSA) is 43.9 Å². The first-order valence-electron chi connectivity index (χ1n) is 9.34. The molecule has 0 atom stereocenters. The molecule has 5 nitrogen and oxygen atoms in total. The largest absolute Gasteiger partial charge is 0.369 e. The van der Waals surface area contributed by atoms with E-state index in [1.54, 1.807) is 36.4 Å². The minimum absolute atomic E-state index is 0.244. The molecule has 2 fully saturated rings. The predicted molar refractivity (Wildman–Crippen MR) is 119 cm³/mol. The minimum atomic E-state index is -0.322. The van der Waals surface area contributed by atoms with Gasteiger partial charge in [-0.2, -0.15) is 0 Å². The van der Waals surface area contributed by atoms with Gasteiger partial charge >= 0.3 is 0 Å². The molecular formula is C21H18Cl2FN3O2S. The highest BCUT2D eigenvalue weighted by Crippen LogP contribution is 2.34. The van der Waals surface area contributed by atoms with Gasteiger partial charge in [0.1, 0.15) is 5.82 Å². The SMILES string of the molecule is O=C1S/C(=C/c2ccc(Cl)cc2Cl)C(=O)N1CN1CCN(c2ccc(F)cc2)CC1. The number of rotatable bonds is 4. The molecular weight excluding hydrogens is 448 g/mol. The zero-order valence-corrected chi connectivity index (χ0v) is 18.2. The van der Waals surface area contributed by atoms with Crippen LogP contribution in [0, 0.1) is 5.82 Å². The van der Waals surface area contributed by atoms with Gasteiger partial charge in [-0.1, -0.05) is 29.3 Å². The second-order valence-corrected chi connectivity index (χ2v) is 8.84. The Labute approximate surface area is 188 Å². The predicted octanol–water partition coefficient (Wildman–Crippen LogP) is 4.95. The lowest BCUT2D eigenvalue weighted by Crippen LogP contribution is -2.50. The Morgan fingerprint density at radius 2 is 1.70 bits per heavy atom. The quantitative estimate of drug-likeness (QED) is 0.597. The smallest absolute Gasteiger partial charge is 0.294 e. The summed E-state index contributed by atoms with van der Waals surface area (Å²) in [4.78, 5) is 31.0. The standard InChI is InChI=1S/C21H18Cl2FN3O2S/c22-15-2-1-14(18(23)12-15)11-19-20(28)27(21(29)30-19)13-25-7-9-26(10-8-25)17-5-3-16(24)4-6-17/h1-6,11-12H,7-10,13H2/b19-11+. The molecule has 0 unspecified atom stereocenters. The third kappa shape index (κ3) is 4.64. The summed E-state index contributed by atoms with van der Waals surface area (Å²) in [6.07, 6.45) is 1.62. The third-order valence-electron chi connectivity index (χ3n) is 5.03. The summed E-state index contributed by atoms with van der Waals surface area (Å²) in [5.41, 5.74) is 1.60. The molecule has 2 amide bonds. The number of imide groups is 1. The highest BCUT2D eigenvalue weighted by Gasteiger charge is 2.36. The van der Waals surface area contributed by atoms with Gasteiger partial charge in [-0.3, -0.25) is 19.4 Å². The number of hydrogen-bond acceptors (Lipinski definition) is 5. The van der Waals surface area contributed by atoms with Crippen molar-refractivity contribution in [3.63, 3.8) is 0 Å². The molecule has 9 heteroatoms. The van der Waals surface area contributed by atoms with Crippen LogP contribution in [-0.4, -0.2) is 53.8 Å². The number of thioether (sulfide) groups is 1. The van der Waals surface area contributed by atoms with Gasteiger partial charge in [0.05, 0.1) is 11.6 Å². The first-order valence-corrected chi connectivity index (χ1v) is 10.9. The normalized spacial score (nSPS) is 19.2. The second kappa shape index (κ2) is 8.98. The molecule has 0 radical (unpaired) electrons. The van der Waals surface area contributed by atoms with E-state index in [-0.39, 0.29) is 23.6 Å². The molecule has 0 aliphatic carbocycles. The third-order valence-corrected chi connectivity index (χ3v) is 6.50. The van der Waals surface area contributed by atoms with Crippen LogP contribution in [0.2, 0.25) is 10.0 Å². The number of halogens is 3. The van der Waals surface area contributed by atoms with E-state index in [1.165, 1.54) is 17.0 Å². The Morgan fingerprint density at radius 1 is 1.00 bits per heavy atom. The first-order chi connectivity index (χ1) is 14.4. The second-order valence-electron chi connectivity index (χ2n) is 7.00. The van der Waals surface area contributed by atoms with Gasteiger partial charge in [-0.25, -0.2) is 4.39 Å². The lowest BCUT2D eigenvalue weighted by atomic mass is 10.2. The van der Waals surface area contributed by atoms with Crippen LogP contribution in [0.4, 0.5) is 14.9 Å². The Hall–Kier alpha value is -2.06. The van der Waals surface area contributed by atoms with Crippen LogP contribution in [0.1, 0.15) is 5.56 Å². The average Bonchev–Trinajstić information content (AvgIpc) is 2.99. The van der Waals surface area contributed by atoms with E-state index in [1.807, 2.05) is 0 Å². The van der Waals surface area contributed by atoms with Crippen LogP contribution >= 0.6 is 35.0 Å². The van der Waals surface area contributed by atoms with Crippen molar-refractivity contribution in [3.05, 3.63) is 68.8 Å². The van der Waals surface area contributed by atoms with Crippen LogP contribution in [-0.2, 0) is 4.79 Å². The van der Waals surface area contributed by atoms with Crippen LogP contribution in [0.5, 0.6) is 0 Å². The van der Waals surface area contributed by atoms with Gasteiger partial charge in [0.25, 0.3) is 11.1 Å². The maximum Gasteiger partial charge on any atom is 0.294 e. The van der Waals surface area contributed by atoms with Crippen molar-refractivity contribution >= 4 is 57.9 Å². The van der Waals surface area contributed by atoms with Crippen LogP contribution in [0.3, 0.4) is 0 Å². The fraction of sp³-hybridized carbons (Fsp3) is 0.238. The molecule has 30 heavy (non-hydrogen) atoms. The summed E-state index contributed by atoms with van der Waals surface area (Å²) < 4.78 is 13.1. The summed E-state index contributed by atoms with van der Waals surface area (Å²) >= 11 is 13.0. The van der Waals surface area contributed by atoms with E-state index in [2.05, 4.69) is 9.80 Å². The van der Waals surface area contributed by atoms with Crippen molar-refractivity contribution in [1.82, 2.24) is 9.80 Å². The number of anilines is 1. The van der Waals surface area contributed by atoms with Crippen molar-refractivity contribution in [2.45, 2.75) is 0 Å². The summed E-state index contributed by atoms with van der Waals surface area (Å²) in [7, 11) is 0. The number of nitrogens with zero attached hydrogens (tertiary/aromatic N) is 3. The molecule has 2 saturated heterocycles. The number of amides is 2. The van der Waals surface area contributed by atoms with Crippen molar-refractivity contribution in [3.8, 4) is 0 Å². The molecule has 0 bridgehead atoms. The number of carbonyl (C=O) groups is 2. The van der Waals surface area contributed by atoms with Crippen molar-refractivity contribution < 1.29 is 14.0 Å². The Morgan fingerprint density at radius 3 is 2.37 bits per heavy atom. The van der Waals surface area contributed by atoms with Crippen LogP contribution in [0.25, 0.3) is 6.08 Å². The lowest BCUT2D eigenvalue weighted by molar-refractivity contribution is -0.124. The molecule has 0 saturated carbocycles. The van der Waals surface area contributed by atoms with E-state index in [9.17, 15) is 14.0 Å². The zero-order chi connectivity index (χ0) is 21.3. The average molecular weight is 466 g/mol. The van der Waals surface area contributed by atoms with Gasteiger partial charge in [0.2, 0.25) is 0 Å². The van der Waals surface area contributed by atoms with Gasteiger partial charge in [-0.05, 0) is 59.8 Å². The Balaban J connectivity index is 1.38. The summed E-state index contributed by atoms with van der Waals surface area (Å²) in [6.45, 7) is 3.10. The summed E-state index contributed by atoms with van der Waals surface area (Å²) in [6, 6.07) is 11.4. The lowest BCUT2D eigenvalue weighted by Gasteiger charge is -2.37. The molecule has 156 valence electrons. The van der Waals surface area contributed by atoms with Crippen LogP contribution < -0.4 is 4.90 Å². The van der Waals surface area contributed by atoms with E-state index in [0.717, 1.165) is 30.5 Å². The molecule has 0 N–H and O–H groups in total. The fourth-order valence-electron chi connectivity index (χ4n) is 3.38. The number of carbonyl (C=O) groups excluding carboxylic acids is 2.